The molecule has 1 unspecified atom stereocenters. The topological polar surface area (TPSA) is 35.5 Å². The zero-order valence-corrected chi connectivity index (χ0v) is 12.4. The molecule has 0 aliphatic rings. The molecule has 0 aliphatic carbocycles. The number of aliphatic hydroxyl groups is 1. The Bertz CT molecular complexity index is 179. The normalized spacial score (nSPS) is 14.3. The van der Waals surface area contributed by atoms with Gasteiger partial charge in [0.05, 0.1) is 0 Å². The molecule has 104 valence electrons. The van der Waals surface area contributed by atoms with Gasteiger partial charge in [0.15, 0.2) is 0 Å². The van der Waals surface area contributed by atoms with Crippen molar-refractivity contribution in [2.45, 2.75) is 53.5 Å². The van der Waals surface area contributed by atoms with E-state index in [2.05, 4.69) is 44.8 Å². The van der Waals surface area contributed by atoms with Gasteiger partial charge in [-0.3, -0.25) is 0 Å². The number of nitrogens with zero attached hydrogens (tertiary/aromatic N) is 1. The van der Waals surface area contributed by atoms with Gasteiger partial charge in [0, 0.05) is 24.6 Å². The number of hydrogen-bond acceptors (Lipinski definition) is 3. The van der Waals surface area contributed by atoms with E-state index in [0.29, 0.717) is 6.04 Å². The van der Waals surface area contributed by atoms with Crippen molar-refractivity contribution in [1.82, 2.24) is 10.2 Å². The highest BCUT2D eigenvalue weighted by molar-refractivity contribution is 4.73. The van der Waals surface area contributed by atoms with Crippen molar-refractivity contribution in [2.75, 3.05) is 32.8 Å². The third-order valence-electron chi connectivity index (χ3n) is 3.36. The van der Waals surface area contributed by atoms with Crippen LogP contribution in [0, 0.1) is 5.41 Å². The molecular weight excluding hydrogens is 212 g/mol. The lowest BCUT2D eigenvalue weighted by Gasteiger charge is -2.25. The van der Waals surface area contributed by atoms with Crippen LogP contribution in [-0.2, 0) is 0 Å². The first kappa shape index (κ1) is 16.9. The predicted octanol–water partition coefficient (Wildman–Crippen LogP) is 2.10. The number of nitrogens with one attached hydrogen (secondary N) is 1. The van der Waals surface area contributed by atoms with E-state index in [1.165, 1.54) is 19.4 Å². The summed E-state index contributed by atoms with van der Waals surface area (Å²) < 4.78 is 0. The summed E-state index contributed by atoms with van der Waals surface area (Å²) in [5.74, 6) is 0. The Morgan fingerprint density at radius 2 is 1.82 bits per heavy atom. The number of rotatable bonds is 10. The molecule has 0 aromatic rings. The van der Waals surface area contributed by atoms with Gasteiger partial charge in [-0.15, -0.1) is 0 Å². The summed E-state index contributed by atoms with van der Waals surface area (Å²) in [5, 5.41) is 12.7. The van der Waals surface area contributed by atoms with Gasteiger partial charge < -0.3 is 15.3 Å². The molecule has 0 bridgehead atoms. The van der Waals surface area contributed by atoms with Crippen LogP contribution in [0.5, 0.6) is 0 Å². The van der Waals surface area contributed by atoms with Crippen molar-refractivity contribution in [3.63, 3.8) is 0 Å². The highest BCUT2D eigenvalue weighted by atomic mass is 16.3. The first-order chi connectivity index (χ1) is 7.95. The van der Waals surface area contributed by atoms with Crippen molar-refractivity contribution in [3.8, 4) is 0 Å². The summed E-state index contributed by atoms with van der Waals surface area (Å²) in [6.45, 7) is 15.5. The molecule has 0 heterocycles. The van der Waals surface area contributed by atoms with Crippen LogP contribution in [0.2, 0.25) is 0 Å². The Morgan fingerprint density at radius 1 is 1.24 bits per heavy atom. The second kappa shape index (κ2) is 8.90. The third kappa shape index (κ3) is 8.58. The first-order valence-electron chi connectivity index (χ1n) is 7.01. The van der Waals surface area contributed by atoms with Crippen molar-refractivity contribution >= 4 is 0 Å². The first-order valence-corrected chi connectivity index (χ1v) is 7.01. The molecule has 3 heteroatoms. The Kier molecular flexibility index (Phi) is 8.83. The van der Waals surface area contributed by atoms with Gasteiger partial charge in [0.1, 0.15) is 0 Å². The van der Waals surface area contributed by atoms with E-state index in [0.717, 1.165) is 19.6 Å². The largest absolute Gasteiger partial charge is 0.396 e. The third-order valence-corrected chi connectivity index (χ3v) is 3.36. The zero-order valence-electron chi connectivity index (χ0n) is 12.4. The second-order valence-electron chi connectivity index (χ2n) is 5.77. The summed E-state index contributed by atoms with van der Waals surface area (Å²) in [4.78, 5) is 2.46. The maximum Gasteiger partial charge on any atom is 0.0494 e. The van der Waals surface area contributed by atoms with Crippen molar-refractivity contribution in [1.29, 1.82) is 0 Å². The zero-order chi connectivity index (χ0) is 13.3. The highest BCUT2D eigenvalue weighted by Crippen LogP contribution is 2.12. The van der Waals surface area contributed by atoms with Crippen LogP contribution < -0.4 is 5.32 Å². The van der Waals surface area contributed by atoms with Crippen molar-refractivity contribution < 1.29 is 5.11 Å². The van der Waals surface area contributed by atoms with Crippen LogP contribution in [0.4, 0.5) is 0 Å². The van der Waals surface area contributed by atoms with Gasteiger partial charge >= 0.3 is 0 Å². The van der Waals surface area contributed by atoms with Crippen LogP contribution >= 0.6 is 0 Å². The molecular formula is C14H32N2O. The molecule has 0 saturated carbocycles. The quantitative estimate of drug-likeness (QED) is 0.618. The Labute approximate surface area is 108 Å². The molecule has 0 aromatic carbocycles. The lowest BCUT2D eigenvalue weighted by molar-refractivity contribution is 0.153. The molecule has 1 atom stereocenters. The lowest BCUT2D eigenvalue weighted by atomic mass is 9.94. The fourth-order valence-electron chi connectivity index (χ4n) is 1.77. The maximum absolute atomic E-state index is 9.17. The minimum Gasteiger partial charge on any atom is -0.396 e. The second-order valence-corrected chi connectivity index (χ2v) is 5.77. The molecule has 0 spiro atoms. The molecule has 2 N–H and O–H groups in total. The summed E-state index contributed by atoms with van der Waals surface area (Å²) in [6.07, 6.45) is 2.45. The van der Waals surface area contributed by atoms with E-state index >= 15 is 0 Å². The van der Waals surface area contributed by atoms with Crippen molar-refractivity contribution in [2.24, 2.45) is 5.41 Å². The van der Waals surface area contributed by atoms with Gasteiger partial charge in [0.2, 0.25) is 0 Å². The van der Waals surface area contributed by atoms with Crippen LogP contribution in [0.15, 0.2) is 0 Å². The molecule has 3 nitrogen and oxygen atoms in total. The number of aliphatic hydroxyl groups excluding tert-OH is 1. The highest BCUT2D eigenvalue weighted by Gasteiger charge is 2.16. The molecule has 0 aliphatic heterocycles. The summed E-state index contributed by atoms with van der Waals surface area (Å²) in [6, 6.07) is 0.538. The van der Waals surface area contributed by atoms with E-state index in [9.17, 15) is 5.11 Å². The van der Waals surface area contributed by atoms with Crippen LogP contribution in [0.25, 0.3) is 0 Å². The summed E-state index contributed by atoms with van der Waals surface area (Å²) in [5.41, 5.74) is -0.00681. The van der Waals surface area contributed by atoms with E-state index < -0.39 is 0 Å². The average Bonchev–Trinajstić information content (AvgIpc) is 2.32. The van der Waals surface area contributed by atoms with Gasteiger partial charge in [-0.1, -0.05) is 27.7 Å². The predicted molar refractivity (Wildman–Crippen MR) is 75.4 cm³/mol. The Balaban J connectivity index is 3.63. The van der Waals surface area contributed by atoms with Gasteiger partial charge in [-0.25, -0.2) is 0 Å². The fourth-order valence-corrected chi connectivity index (χ4v) is 1.77. The fraction of sp³-hybridized carbons (Fsp3) is 1.00. The minimum atomic E-state index is -0.00681. The minimum absolute atomic E-state index is 0.00681. The van der Waals surface area contributed by atoms with Gasteiger partial charge in [-0.05, 0) is 39.4 Å². The molecule has 0 fully saturated rings. The summed E-state index contributed by atoms with van der Waals surface area (Å²) >= 11 is 0. The smallest absolute Gasteiger partial charge is 0.0494 e. The SMILES string of the molecule is CCN(CC)CCCC(C)NCC(C)(C)CO. The van der Waals surface area contributed by atoms with E-state index in [1.807, 2.05) is 0 Å². The molecule has 0 rings (SSSR count). The van der Waals surface area contributed by atoms with Crippen LogP contribution in [0.1, 0.15) is 47.5 Å². The van der Waals surface area contributed by atoms with Gasteiger partial charge in [0.25, 0.3) is 0 Å². The molecule has 0 saturated heterocycles. The number of hydrogen-bond donors (Lipinski definition) is 2. The van der Waals surface area contributed by atoms with E-state index in [1.54, 1.807) is 0 Å². The maximum atomic E-state index is 9.17. The molecule has 0 amide bonds. The van der Waals surface area contributed by atoms with Crippen LogP contribution in [-0.4, -0.2) is 48.8 Å². The monoisotopic (exact) mass is 244 g/mol. The van der Waals surface area contributed by atoms with Crippen LogP contribution in [0.3, 0.4) is 0 Å². The molecule has 0 radical (unpaired) electrons. The summed E-state index contributed by atoms with van der Waals surface area (Å²) in [7, 11) is 0. The standard InChI is InChI=1S/C14H32N2O/c1-6-16(7-2)10-8-9-13(3)15-11-14(4,5)12-17/h13,15,17H,6-12H2,1-5H3. The van der Waals surface area contributed by atoms with E-state index in [4.69, 9.17) is 0 Å². The average molecular weight is 244 g/mol. The lowest BCUT2D eigenvalue weighted by Crippen LogP contribution is -2.37. The molecule has 0 aromatic heterocycles. The Hall–Kier alpha value is -0.120. The molecule has 17 heavy (non-hydrogen) atoms. The van der Waals surface area contributed by atoms with Crippen molar-refractivity contribution in [3.05, 3.63) is 0 Å². The van der Waals surface area contributed by atoms with Gasteiger partial charge in [-0.2, -0.15) is 0 Å². The van der Waals surface area contributed by atoms with E-state index in [-0.39, 0.29) is 12.0 Å². The Morgan fingerprint density at radius 3 is 2.29 bits per heavy atom.